The van der Waals surface area contributed by atoms with Crippen LogP contribution in [-0.4, -0.2) is 65.1 Å². The molecule has 0 aromatic heterocycles. The molecule has 1 amide bonds. The molecule has 0 aliphatic carbocycles. The fraction of sp³-hybridized carbons (Fsp3) is 0.360. The highest BCUT2D eigenvalue weighted by atomic mass is 32.2. The number of carbonyl (C=O) groups is 1. The van der Waals surface area contributed by atoms with Crippen LogP contribution in [0.2, 0.25) is 0 Å². The molecule has 2 heterocycles. The van der Waals surface area contributed by atoms with E-state index >= 15 is 0 Å². The smallest absolute Gasteiger partial charge is 0.266 e. The van der Waals surface area contributed by atoms with Crippen LogP contribution in [0.15, 0.2) is 52.9 Å². The minimum Gasteiger partial charge on any atom is -0.497 e. The quantitative estimate of drug-likeness (QED) is 0.463. The normalized spacial score (nSPS) is 17.1. The number of nitriles is 1. The molecule has 0 bridgehead atoms. The van der Waals surface area contributed by atoms with Crippen LogP contribution >= 0.6 is 0 Å². The Morgan fingerprint density at radius 3 is 2.40 bits per heavy atom. The molecule has 184 valence electrons. The van der Waals surface area contributed by atoms with Gasteiger partial charge < -0.3 is 19.7 Å². The summed E-state index contributed by atoms with van der Waals surface area (Å²) in [5, 5.41) is 12.4. The molecule has 2 aliphatic rings. The zero-order chi connectivity index (χ0) is 24.8. The summed E-state index contributed by atoms with van der Waals surface area (Å²) in [4.78, 5) is 15.3. The molecular weight excluding hydrogens is 468 g/mol. The average molecular weight is 497 g/mol. The molecule has 4 rings (SSSR count). The lowest BCUT2D eigenvalue weighted by atomic mass is 10.1. The van der Waals surface area contributed by atoms with Gasteiger partial charge in [0, 0.05) is 26.2 Å². The Kier molecular flexibility index (Phi) is 7.70. The number of nitrogens with one attached hydrogen (secondary N) is 1. The number of ether oxygens (including phenoxy) is 2. The van der Waals surface area contributed by atoms with Gasteiger partial charge in [0.15, 0.2) is 0 Å². The standard InChI is InChI=1S/C25H28N4O5S/c1-33-21-6-4-19(5-7-21)16-20(18-26)25(30)27-23-17-22(8-9-24(23)28-10-2-3-11-28)35(31,32)29-12-14-34-15-13-29/h4-9,16-17H,2-3,10-15H2,1H3,(H,27,30)/b20-16+. The molecule has 2 saturated heterocycles. The highest BCUT2D eigenvalue weighted by molar-refractivity contribution is 7.89. The van der Waals surface area contributed by atoms with Gasteiger partial charge in [0.25, 0.3) is 5.91 Å². The Morgan fingerprint density at radius 1 is 1.09 bits per heavy atom. The molecule has 0 radical (unpaired) electrons. The van der Waals surface area contributed by atoms with Gasteiger partial charge in [0.05, 0.1) is 36.6 Å². The SMILES string of the molecule is COc1ccc(/C=C(\C#N)C(=O)Nc2cc(S(=O)(=O)N3CCOCC3)ccc2N2CCCC2)cc1. The molecule has 2 aromatic carbocycles. The summed E-state index contributed by atoms with van der Waals surface area (Å²) in [6, 6.07) is 13.7. The first-order valence-electron chi connectivity index (χ1n) is 11.5. The van der Waals surface area contributed by atoms with E-state index in [1.165, 1.54) is 16.4 Å². The van der Waals surface area contributed by atoms with Crippen LogP contribution in [0, 0.1) is 11.3 Å². The number of hydrogen-bond acceptors (Lipinski definition) is 7. The number of amides is 1. The third-order valence-corrected chi connectivity index (χ3v) is 7.96. The topological polar surface area (TPSA) is 112 Å². The monoisotopic (exact) mass is 496 g/mol. The van der Waals surface area contributed by atoms with Gasteiger partial charge >= 0.3 is 0 Å². The van der Waals surface area contributed by atoms with E-state index in [1.807, 2.05) is 6.07 Å². The van der Waals surface area contributed by atoms with Gasteiger partial charge in [-0.15, -0.1) is 0 Å². The van der Waals surface area contributed by atoms with Gasteiger partial charge in [0.1, 0.15) is 17.4 Å². The fourth-order valence-electron chi connectivity index (χ4n) is 4.15. The van der Waals surface area contributed by atoms with Crippen molar-refractivity contribution in [2.45, 2.75) is 17.7 Å². The lowest BCUT2D eigenvalue weighted by molar-refractivity contribution is -0.112. The summed E-state index contributed by atoms with van der Waals surface area (Å²) in [6.07, 6.45) is 3.52. The van der Waals surface area contributed by atoms with Crippen LogP contribution in [-0.2, 0) is 19.6 Å². The van der Waals surface area contributed by atoms with Crippen molar-refractivity contribution in [2.24, 2.45) is 0 Å². The maximum atomic E-state index is 13.2. The molecule has 2 aliphatic heterocycles. The number of nitrogens with zero attached hydrogens (tertiary/aromatic N) is 3. The fourth-order valence-corrected chi connectivity index (χ4v) is 5.59. The first-order chi connectivity index (χ1) is 16.9. The summed E-state index contributed by atoms with van der Waals surface area (Å²) in [6.45, 7) is 2.87. The Labute approximate surface area is 205 Å². The predicted molar refractivity (Wildman–Crippen MR) is 133 cm³/mol. The number of benzene rings is 2. The second-order valence-electron chi connectivity index (χ2n) is 8.29. The molecule has 0 spiro atoms. The van der Waals surface area contributed by atoms with Crippen molar-refractivity contribution < 1.29 is 22.7 Å². The van der Waals surface area contributed by atoms with Gasteiger partial charge in [-0.25, -0.2) is 8.42 Å². The van der Waals surface area contributed by atoms with Crippen molar-refractivity contribution in [2.75, 3.05) is 56.7 Å². The number of morpholine rings is 1. The third-order valence-electron chi connectivity index (χ3n) is 6.06. The first-order valence-corrected chi connectivity index (χ1v) is 12.9. The molecule has 0 saturated carbocycles. The van der Waals surface area contributed by atoms with Gasteiger partial charge in [-0.1, -0.05) is 12.1 Å². The number of methoxy groups -OCH3 is 1. The largest absolute Gasteiger partial charge is 0.497 e. The van der Waals surface area contributed by atoms with Crippen molar-refractivity contribution in [3.05, 3.63) is 53.6 Å². The van der Waals surface area contributed by atoms with E-state index in [0.717, 1.165) is 31.6 Å². The van der Waals surface area contributed by atoms with Crippen LogP contribution < -0.4 is 15.0 Å². The first kappa shape index (κ1) is 24.7. The molecule has 10 heteroatoms. The Balaban J connectivity index is 1.65. The van der Waals surface area contributed by atoms with Gasteiger partial charge in [-0.3, -0.25) is 4.79 Å². The van der Waals surface area contributed by atoms with Crippen LogP contribution in [0.4, 0.5) is 11.4 Å². The molecule has 1 N–H and O–H groups in total. The van der Waals surface area contributed by atoms with Gasteiger partial charge in [-0.05, 0) is 54.8 Å². The van der Waals surface area contributed by atoms with Crippen molar-refractivity contribution >= 4 is 33.4 Å². The van der Waals surface area contributed by atoms with Crippen LogP contribution in [0.25, 0.3) is 6.08 Å². The van der Waals surface area contributed by atoms with E-state index in [2.05, 4.69) is 10.2 Å². The summed E-state index contributed by atoms with van der Waals surface area (Å²) < 4.78 is 38.2. The molecule has 9 nitrogen and oxygen atoms in total. The molecule has 2 aromatic rings. The van der Waals surface area contributed by atoms with E-state index in [4.69, 9.17) is 9.47 Å². The molecule has 35 heavy (non-hydrogen) atoms. The average Bonchev–Trinajstić information content (AvgIpc) is 3.43. The Bertz CT molecular complexity index is 1240. The van der Waals surface area contributed by atoms with Crippen molar-refractivity contribution in [3.8, 4) is 11.8 Å². The number of anilines is 2. The minimum atomic E-state index is -3.75. The second-order valence-corrected chi connectivity index (χ2v) is 10.2. The Hall–Kier alpha value is -3.39. The molecule has 0 atom stereocenters. The molecule has 2 fully saturated rings. The van der Waals surface area contributed by atoms with Gasteiger partial charge in [0.2, 0.25) is 10.0 Å². The van der Waals surface area contributed by atoms with Crippen molar-refractivity contribution in [1.29, 1.82) is 5.26 Å². The lowest BCUT2D eigenvalue weighted by Gasteiger charge is -2.27. The second kappa shape index (κ2) is 10.9. The highest BCUT2D eigenvalue weighted by Crippen LogP contribution is 2.33. The zero-order valence-electron chi connectivity index (χ0n) is 19.6. The van der Waals surface area contributed by atoms with E-state index in [0.29, 0.717) is 30.2 Å². The van der Waals surface area contributed by atoms with Crippen LogP contribution in [0.1, 0.15) is 18.4 Å². The van der Waals surface area contributed by atoms with E-state index in [1.54, 1.807) is 43.5 Å². The summed E-state index contributed by atoms with van der Waals surface area (Å²) in [5.41, 5.74) is 1.67. The summed E-state index contributed by atoms with van der Waals surface area (Å²) >= 11 is 0. The summed E-state index contributed by atoms with van der Waals surface area (Å²) in [7, 11) is -2.19. The van der Waals surface area contributed by atoms with Crippen LogP contribution in [0.3, 0.4) is 0 Å². The van der Waals surface area contributed by atoms with E-state index < -0.39 is 15.9 Å². The number of hydrogen-bond donors (Lipinski definition) is 1. The zero-order valence-corrected chi connectivity index (χ0v) is 20.4. The summed E-state index contributed by atoms with van der Waals surface area (Å²) in [5.74, 6) is 0.0586. The number of carbonyl (C=O) groups excluding carboxylic acids is 1. The lowest BCUT2D eigenvalue weighted by Crippen LogP contribution is -2.40. The van der Waals surface area contributed by atoms with E-state index in [-0.39, 0.29) is 23.6 Å². The van der Waals surface area contributed by atoms with E-state index in [9.17, 15) is 18.5 Å². The van der Waals surface area contributed by atoms with Crippen molar-refractivity contribution in [1.82, 2.24) is 4.31 Å². The Morgan fingerprint density at radius 2 is 1.77 bits per heavy atom. The maximum Gasteiger partial charge on any atom is 0.266 e. The highest BCUT2D eigenvalue weighted by Gasteiger charge is 2.28. The third kappa shape index (κ3) is 5.65. The minimum absolute atomic E-state index is 0.0929. The molecule has 0 unspecified atom stereocenters. The number of sulfonamides is 1. The number of rotatable bonds is 7. The molecular formula is C25H28N4O5S. The van der Waals surface area contributed by atoms with Crippen molar-refractivity contribution in [3.63, 3.8) is 0 Å². The van der Waals surface area contributed by atoms with Gasteiger partial charge in [-0.2, -0.15) is 9.57 Å². The maximum absolute atomic E-state index is 13.2. The van der Waals surface area contributed by atoms with Crippen LogP contribution in [0.5, 0.6) is 5.75 Å². The predicted octanol–water partition coefficient (Wildman–Crippen LogP) is 2.86.